The standard InChI is InChI=1S/C20H14F4N6O/c21-14-10-25-18(20(22,23)24)8-13(14)16-9-17-15(3-6-30(17)28-16)27-19(31)11-2-5-29-12(7-11)1-4-26-29/h1-2,4-5,7-10,15H,3,6H2,(H,27,31)/t15-/m0/s1. The fourth-order valence-electron chi connectivity index (χ4n) is 3.66. The lowest BCUT2D eigenvalue weighted by Crippen LogP contribution is -2.27. The first-order chi connectivity index (χ1) is 14.8. The van der Waals surface area contributed by atoms with Gasteiger partial charge in [0.15, 0.2) is 5.82 Å². The number of aryl methyl sites for hydroxylation is 1. The Hall–Kier alpha value is -3.76. The Morgan fingerprint density at radius 3 is 2.84 bits per heavy atom. The average molecular weight is 430 g/mol. The summed E-state index contributed by atoms with van der Waals surface area (Å²) in [5.74, 6) is -1.21. The second kappa shape index (κ2) is 6.89. The van der Waals surface area contributed by atoms with Crippen molar-refractivity contribution in [3.8, 4) is 11.3 Å². The molecule has 0 saturated heterocycles. The third-order valence-electron chi connectivity index (χ3n) is 5.19. The molecular formula is C20H14F4N6O. The molecule has 0 bridgehead atoms. The van der Waals surface area contributed by atoms with E-state index in [0.29, 0.717) is 36.5 Å². The lowest BCUT2D eigenvalue weighted by atomic mass is 10.1. The van der Waals surface area contributed by atoms with Crippen LogP contribution >= 0.6 is 0 Å². The molecule has 5 heterocycles. The summed E-state index contributed by atoms with van der Waals surface area (Å²) in [6.07, 6.45) is -0.301. The van der Waals surface area contributed by atoms with Gasteiger partial charge in [0.2, 0.25) is 0 Å². The van der Waals surface area contributed by atoms with Crippen molar-refractivity contribution in [2.45, 2.75) is 25.2 Å². The second-order valence-electron chi connectivity index (χ2n) is 7.16. The highest BCUT2D eigenvalue weighted by atomic mass is 19.4. The summed E-state index contributed by atoms with van der Waals surface area (Å²) in [6, 6.07) is 6.84. The van der Waals surface area contributed by atoms with Gasteiger partial charge in [0.1, 0.15) is 5.69 Å². The lowest BCUT2D eigenvalue weighted by Gasteiger charge is -2.12. The van der Waals surface area contributed by atoms with Crippen molar-refractivity contribution in [3.63, 3.8) is 0 Å². The smallest absolute Gasteiger partial charge is 0.344 e. The normalized spacial score (nSPS) is 15.9. The maximum Gasteiger partial charge on any atom is 0.433 e. The molecule has 0 aromatic carbocycles. The topological polar surface area (TPSA) is 77.1 Å². The van der Waals surface area contributed by atoms with E-state index in [-0.39, 0.29) is 17.2 Å². The highest BCUT2D eigenvalue weighted by Crippen LogP contribution is 2.34. The molecule has 31 heavy (non-hydrogen) atoms. The van der Waals surface area contributed by atoms with Crippen LogP contribution in [0.5, 0.6) is 0 Å². The minimum atomic E-state index is -4.70. The highest BCUT2D eigenvalue weighted by Gasteiger charge is 2.34. The molecule has 158 valence electrons. The second-order valence-corrected chi connectivity index (χ2v) is 7.16. The Kier molecular flexibility index (Phi) is 4.27. The van der Waals surface area contributed by atoms with Gasteiger partial charge in [-0.25, -0.2) is 13.9 Å². The van der Waals surface area contributed by atoms with Crippen molar-refractivity contribution < 1.29 is 22.4 Å². The van der Waals surface area contributed by atoms with Gasteiger partial charge in [-0.15, -0.1) is 0 Å². The molecule has 5 rings (SSSR count). The summed E-state index contributed by atoms with van der Waals surface area (Å²) in [5, 5.41) is 11.2. The first-order valence-electron chi connectivity index (χ1n) is 9.35. The molecular weight excluding hydrogens is 416 g/mol. The van der Waals surface area contributed by atoms with Gasteiger partial charge in [-0.05, 0) is 36.8 Å². The minimum Gasteiger partial charge on any atom is -0.344 e. The predicted molar refractivity (Wildman–Crippen MR) is 100 cm³/mol. The Bertz CT molecular complexity index is 1310. The number of carbonyl (C=O) groups is 1. The SMILES string of the molecule is O=C(N[C@H]1CCn2nc(-c3cc(C(F)(F)F)ncc3F)cc21)c1ccn2nccc2c1. The maximum atomic E-state index is 14.2. The Morgan fingerprint density at radius 2 is 2.03 bits per heavy atom. The first-order valence-corrected chi connectivity index (χ1v) is 9.35. The molecule has 1 aliphatic heterocycles. The predicted octanol–water partition coefficient (Wildman–Crippen LogP) is 3.63. The monoisotopic (exact) mass is 430 g/mol. The zero-order valence-corrected chi connectivity index (χ0v) is 15.8. The zero-order chi connectivity index (χ0) is 21.8. The third-order valence-corrected chi connectivity index (χ3v) is 5.19. The van der Waals surface area contributed by atoms with E-state index in [1.165, 1.54) is 6.07 Å². The maximum absolute atomic E-state index is 14.2. The van der Waals surface area contributed by atoms with Crippen LogP contribution in [-0.4, -0.2) is 30.3 Å². The summed E-state index contributed by atoms with van der Waals surface area (Å²) in [6.45, 7) is 0.445. The molecule has 1 N–H and O–H groups in total. The molecule has 0 saturated carbocycles. The third kappa shape index (κ3) is 3.41. The summed E-state index contributed by atoms with van der Waals surface area (Å²) in [4.78, 5) is 15.8. The number of carbonyl (C=O) groups excluding carboxylic acids is 1. The molecule has 7 nitrogen and oxygen atoms in total. The van der Waals surface area contributed by atoms with E-state index >= 15 is 0 Å². The lowest BCUT2D eigenvalue weighted by molar-refractivity contribution is -0.141. The molecule has 4 aromatic rings. The van der Waals surface area contributed by atoms with Gasteiger partial charge in [0, 0.05) is 30.1 Å². The van der Waals surface area contributed by atoms with E-state index < -0.39 is 23.7 Å². The van der Waals surface area contributed by atoms with Crippen LogP contribution in [-0.2, 0) is 12.7 Å². The highest BCUT2D eigenvalue weighted by molar-refractivity contribution is 5.95. The van der Waals surface area contributed by atoms with Crippen LogP contribution < -0.4 is 5.32 Å². The summed E-state index contributed by atoms with van der Waals surface area (Å²) < 4.78 is 56.2. The Labute approximate surface area is 172 Å². The van der Waals surface area contributed by atoms with Crippen LogP contribution in [0.3, 0.4) is 0 Å². The number of rotatable bonds is 3. The average Bonchev–Trinajstić information content (AvgIpc) is 3.43. The molecule has 1 amide bonds. The minimum absolute atomic E-state index is 0.0556. The van der Waals surface area contributed by atoms with Gasteiger partial charge < -0.3 is 5.32 Å². The number of pyridine rings is 2. The van der Waals surface area contributed by atoms with Crippen molar-refractivity contribution in [1.82, 2.24) is 29.7 Å². The number of aromatic nitrogens is 5. The summed E-state index contributed by atoms with van der Waals surface area (Å²) >= 11 is 0. The molecule has 0 unspecified atom stereocenters. The number of hydrogen-bond donors (Lipinski definition) is 1. The number of nitrogens with one attached hydrogen (secondary N) is 1. The summed E-state index contributed by atoms with van der Waals surface area (Å²) in [7, 11) is 0. The van der Waals surface area contributed by atoms with E-state index in [2.05, 4.69) is 20.5 Å². The number of hydrogen-bond acceptors (Lipinski definition) is 4. The Balaban J connectivity index is 1.41. The molecule has 0 radical (unpaired) electrons. The number of amides is 1. The van der Waals surface area contributed by atoms with E-state index in [4.69, 9.17) is 0 Å². The van der Waals surface area contributed by atoms with Crippen molar-refractivity contribution in [1.29, 1.82) is 0 Å². The molecule has 11 heteroatoms. The molecule has 0 spiro atoms. The van der Waals surface area contributed by atoms with Gasteiger partial charge >= 0.3 is 6.18 Å². The molecule has 1 aliphatic rings. The van der Waals surface area contributed by atoms with Crippen LogP contribution in [0, 0.1) is 5.82 Å². The molecule has 0 fully saturated rings. The van der Waals surface area contributed by atoms with E-state index in [1.54, 1.807) is 39.8 Å². The Morgan fingerprint density at radius 1 is 1.19 bits per heavy atom. The zero-order valence-electron chi connectivity index (χ0n) is 15.8. The van der Waals surface area contributed by atoms with E-state index in [9.17, 15) is 22.4 Å². The van der Waals surface area contributed by atoms with Crippen LogP contribution in [0.1, 0.15) is 34.2 Å². The van der Waals surface area contributed by atoms with Crippen LogP contribution in [0.15, 0.2) is 48.9 Å². The van der Waals surface area contributed by atoms with Crippen molar-refractivity contribution in [2.24, 2.45) is 0 Å². The number of alkyl halides is 3. The van der Waals surface area contributed by atoms with Crippen molar-refractivity contribution in [2.75, 3.05) is 0 Å². The molecule has 4 aromatic heterocycles. The van der Waals surface area contributed by atoms with Crippen LogP contribution in [0.2, 0.25) is 0 Å². The number of fused-ring (bicyclic) bond motifs is 2. The van der Waals surface area contributed by atoms with Gasteiger partial charge in [0.25, 0.3) is 5.91 Å². The summed E-state index contributed by atoms with van der Waals surface area (Å²) in [5.41, 5.74) is 0.373. The quantitative estimate of drug-likeness (QED) is 0.504. The van der Waals surface area contributed by atoms with Gasteiger partial charge in [-0.3, -0.25) is 9.48 Å². The van der Waals surface area contributed by atoms with Crippen LogP contribution in [0.4, 0.5) is 17.6 Å². The van der Waals surface area contributed by atoms with Crippen molar-refractivity contribution in [3.05, 3.63) is 71.7 Å². The first kappa shape index (κ1) is 19.2. The van der Waals surface area contributed by atoms with Gasteiger partial charge in [0.05, 0.1) is 29.1 Å². The van der Waals surface area contributed by atoms with Gasteiger partial charge in [-0.1, -0.05) is 0 Å². The molecule has 1 atom stereocenters. The van der Waals surface area contributed by atoms with Crippen LogP contribution in [0.25, 0.3) is 16.8 Å². The molecule has 0 aliphatic carbocycles. The van der Waals surface area contributed by atoms with E-state index in [0.717, 1.165) is 5.52 Å². The van der Waals surface area contributed by atoms with E-state index in [1.807, 2.05) is 0 Å². The van der Waals surface area contributed by atoms with Crippen molar-refractivity contribution >= 4 is 11.4 Å². The largest absolute Gasteiger partial charge is 0.433 e. The number of nitrogens with zero attached hydrogens (tertiary/aromatic N) is 5. The number of halogens is 4. The van der Waals surface area contributed by atoms with Gasteiger partial charge in [-0.2, -0.15) is 23.4 Å². The fourth-order valence-corrected chi connectivity index (χ4v) is 3.66. The fraction of sp³-hybridized carbons (Fsp3) is 0.200.